The van der Waals surface area contributed by atoms with Gasteiger partial charge in [-0.15, -0.1) is 0 Å². The van der Waals surface area contributed by atoms with E-state index in [1.165, 1.54) is 5.56 Å². The fourth-order valence-corrected chi connectivity index (χ4v) is 3.40. The Hall–Kier alpha value is -1.69. The second-order valence-corrected chi connectivity index (χ2v) is 7.46. The van der Waals surface area contributed by atoms with Crippen molar-refractivity contribution in [3.05, 3.63) is 70.2 Å². The summed E-state index contributed by atoms with van der Waals surface area (Å²) in [6, 6.07) is 17.8. The van der Waals surface area contributed by atoms with Gasteiger partial charge in [-0.3, -0.25) is 9.69 Å². The average molecular weight is 417 g/mol. The number of amides is 1. The summed E-state index contributed by atoms with van der Waals surface area (Å²) in [4.78, 5) is 14.5. The van der Waals surface area contributed by atoms with Crippen LogP contribution in [-0.2, 0) is 4.74 Å². The summed E-state index contributed by atoms with van der Waals surface area (Å²) in [7, 11) is 0. The normalized spacial score (nSPS) is 17.8. The Kier molecular flexibility index (Phi) is 7.23. The van der Waals surface area contributed by atoms with Gasteiger partial charge in [0.15, 0.2) is 0 Å². The molecule has 1 unspecified atom stereocenters. The van der Waals surface area contributed by atoms with Gasteiger partial charge in [0.05, 0.1) is 12.7 Å². The van der Waals surface area contributed by atoms with Crippen LogP contribution in [0.2, 0.25) is 0 Å². The molecule has 26 heavy (non-hydrogen) atoms. The summed E-state index contributed by atoms with van der Waals surface area (Å²) in [5.41, 5.74) is 1.95. The summed E-state index contributed by atoms with van der Waals surface area (Å²) >= 11 is 3.38. The van der Waals surface area contributed by atoms with Crippen molar-refractivity contribution >= 4 is 21.8 Å². The Morgan fingerprint density at radius 2 is 1.88 bits per heavy atom. The van der Waals surface area contributed by atoms with Crippen molar-refractivity contribution in [1.82, 2.24) is 10.2 Å². The van der Waals surface area contributed by atoms with Gasteiger partial charge in [-0.1, -0.05) is 46.3 Å². The highest BCUT2D eigenvalue weighted by Gasteiger charge is 2.21. The maximum Gasteiger partial charge on any atom is 0.251 e. The molecule has 1 heterocycles. The molecule has 0 saturated carbocycles. The second-order valence-electron chi connectivity index (χ2n) is 6.54. The molecule has 5 heteroatoms. The maximum absolute atomic E-state index is 12.1. The van der Waals surface area contributed by atoms with Crippen molar-refractivity contribution in [2.24, 2.45) is 0 Å². The zero-order valence-corrected chi connectivity index (χ0v) is 16.5. The van der Waals surface area contributed by atoms with E-state index < -0.39 is 0 Å². The molecule has 1 atom stereocenters. The molecule has 1 aliphatic rings. The van der Waals surface area contributed by atoms with Crippen LogP contribution in [0.5, 0.6) is 0 Å². The van der Waals surface area contributed by atoms with Gasteiger partial charge in [-0.25, -0.2) is 0 Å². The molecule has 2 aromatic carbocycles. The number of halogens is 1. The first kappa shape index (κ1) is 19.1. The van der Waals surface area contributed by atoms with E-state index in [1.54, 1.807) is 0 Å². The van der Waals surface area contributed by atoms with Crippen LogP contribution in [-0.4, -0.2) is 43.6 Å². The number of carbonyl (C=O) groups excluding carboxylic acids is 1. The Bertz CT molecular complexity index is 691. The third kappa shape index (κ3) is 5.66. The number of ether oxygens (including phenoxy) is 1. The molecule has 1 N–H and O–H groups in total. The number of unbranched alkanes of at least 4 members (excludes halogenated alkanes) is 1. The third-order valence-corrected chi connectivity index (χ3v) is 5.14. The number of nitrogens with one attached hydrogen (secondary N) is 1. The van der Waals surface area contributed by atoms with Gasteiger partial charge < -0.3 is 10.1 Å². The monoisotopic (exact) mass is 416 g/mol. The summed E-state index contributed by atoms with van der Waals surface area (Å²) < 4.78 is 6.89. The zero-order valence-electron chi connectivity index (χ0n) is 14.9. The van der Waals surface area contributed by atoms with Crippen molar-refractivity contribution in [2.45, 2.75) is 18.9 Å². The topological polar surface area (TPSA) is 41.6 Å². The van der Waals surface area contributed by atoms with E-state index in [1.807, 2.05) is 30.3 Å². The number of rotatable bonds is 7. The van der Waals surface area contributed by atoms with E-state index in [9.17, 15) is 4.79 Å². The minimum absolute atomic E-state index is 0.00647. The largest absolute Gasteiger partial charge is 0.371 e. The van der Waals surface area contributed by atoms with E-state index in [0.717, 1.165) is 43.6 Å². The number of benzene rings is 2. The van der Waals surface area contributed by atoms with Gasteiger partial charge in [-0.05, 0) is 49.2 Å². The molecule has 1 saturated heterocycles. The Balaban J connectivity index is 1.34. The molecule has 0 bridgehead atoms. The lowest BCUT2D eigenvalue weighted by atomic mass is 10.1. The molecule has 2 aromatic rings. The standard InChI is InChI=1S/C21H25BrN2O2/c22-19-10-8-18(9-11-19)21(25)23-12-4-5-13-24-14-15-26-20(16-24)17-6-2-1-3-7-17/h1-3,6-11,20H,4-5,12-16H2,(H,23,25). The average Bonchev–Trinajstić information content (AvgIpc) is 2.69. The first-order valence-electron chi connectivity index (χ1n) is 9.15. The number of hydrogen-bond donors (Lipinski definition) is 1. The molecule has 0 radical (unpaired) electrons. The first-order chi connectivity index (χ1) is 12.7. The Labute approximate surface area is 163 Å². The molecule has 1 aliphatic heterocycles. The SMILES string of the molecule is O=C(NCCCCN1CCOC(c2ccccc2)C1)c1ccc(Br)cc1. The summed E-state index contributed by atoms with van der Waals surface area (Å²) in [6.45, 7) is 4.45. The van der Waals surface area contributed by atoms with Gasteiger partial charge in [0, 0.05) is 29.7 Å². The quantitative estimate of drug-likeness (QED) is 0.692. The van der Waals surface area contributed by atoms with Crippen molar-refractivity contribution in [3.63, 3.8) is 0 Å². The highest BCUT2D eigenvalue weighted by atomic mass is 79.9. The van der Waals surface area contributed by atoms with Crippen LogP contribution in [0.15, 0.2) is 59.1 Å². The number of nitrogens with zero attached hydrogens (tertiary/aromatic N) is 1. The van der Waals surface area contributed by atoms with Crippen LogP contribution in [0, 0.1) is 0 Å². The minimum atomic E-state index is -0.00647. The molecule has 0 spiro atoms. The zero-order chi connectivity index (χ0) is 18.2. The van der Waals surface area contributed by atoms with Crippen molar-refractivity contribution < 1.29 is 9.53 Å². The van der Waals surface area contributed by atoms with Crippen LogP contribution < -0.4 is 5.32 Å². The molecule has 4 nitrogen and oxygen atoms in total. The predicted molar refractivity (Wildman–Crippen MR) is 107 cm³/mol. The molecule has 1 amide bonds. The minimum Gasteiger partial charge on any atom is -0.371 e. The van der Waals surface area contributed by atoms with Crippen molar-refractivity contribution in [3.8, 4) is 0 Å². The van der Waals surface area contributed by atoms with E-state index in [-0.39, 0.29) is 12.0 Å². The van der Waals surface area contributed by atoms with E-state index in [2.05, 4.69) is 50.4 Å². The van der Waals surface area contributed by atoms with Gasteiger partial charge in [-0.2, -0.15) is 0 Å². The lowest BCUT2D eigenvalue weighted by Crippen LogP contribution is -2.39. The van der Waals surface area contributed by atoms with Crippen LogP contribution in [0.25, 0.3) is 0 Å². The van der Waals surface area contributed by atoms with Gasteiger partial charge in [0.25, 0.3) is 5.91 Å². The smallest absolute Gasteiger partial charge is 0.251 e. The molecular formula is C21H25BrN2O2. The highest BCUT2D eigenvalue weighted by molar-refractivity contribution is 9.10. The summed E-state index contributed by atoms with van der Waals surface area (Å²) in [5.74, 6) is -0.00647. The fourth-order valence-electron chi connectivity index (χ4n) is 3.14. The maximum atomic E-state index is 12.1. The van der Waals surface area contributed by atoms with Crippen molar-refractivity contribution in [2.75, 3.05) is 32.8 Å². The molecule has 138 valence electrons. The van der Waals surface area contributed by atoms with Gasteiger partial charge in [0.1, 0.15) is 0 Å². The van der Waals surface area contributed by atoms with Gasteiger partial charge in [0.2, 0.25) is 0 Å². The van der Waals surface area contributed by atoms with E-state index >= 15 is 0 Å². The lowest BCUT2D eigenvalue weighted by molar-refractivity contribution is -0.0303. The Morgan fingerprint density at radius 1 is 1.12 bits per heavy atom. The number of carbonyl (C=O) groups is 1. The molecule has 3 rings (SSSR count). The van der Waals surface area contributed by atoms with E-state index in [4.69, 9.17) is 4.74 Å². The first-order valence-corrected chi connectivity index (χ1v) is 9.94. The Morgan fingerprint density at radius 3 is 2.65 bits per heavy atom. The molecule has 1 fully saturated rings. The summed E-state index contributed by atoms with van der Waals surface area (Å²) in [5, 5.41) is 2.99. The van der Waals surface area contributed by atoms with Crippen LogP contribution in [0.3, 0.4) is 0 Å². The third-order valence-electron chi connectivity index (χ3n) is 4.62. The molecule has 0 aliphatic carbocycles. The van der Waals surface area contributed by atoms with Crippen LogP contribution in [0.4, 0.5) is 0 Å². The second kappa shape index (κ2) is 9.86. The molecule has 0 aromatic heterocycles. The van der Waals surface area contributed by atoms with Crippen LogP contribution >= 0.6 is 15.9 Å². The molecular weight excluding hydrogens is 392 g/mol. The highest BCUT2D eigenvalue weighted by Crippen LogP contribution is 2.22. The van der Waals surface area contributed by atoms with Gasteiger partial charge >= 0.3 is 0 Å². The predicted octanol–water partition coefficient (Wildman–Crippen LogP) is 4.03. The fraction of sp³-hybridized carbons (Fsp3) is 0.381. The summed E-state index contributed by atoms with van der Waals surface area (Å²) in [6.07, 6.45) is 2.22. The van der Waals surface area contributed by atoms with Crippen LogP contribution in [0.1, 0.15) is 34.9 Å². The van der Waals surface area contributed by atoms with Crippen molar-refractivity contribution in [1.29, 1.82) is 0 Å². The number of morpholine rings is 1. The number of hydrogen-bond acceptors (Lipinski definition) is 3. The van der Waals surface area contributed by atoms with E-state index in [0.29, 0.717) is 12.1 Å². The lowest BCUT2D eigenvalue weighted by Gasteiger charge is -2.33.